The van der Waals surface area contributed by atoms with Gasteiger partial charge in [0, 0.05) is 18.8 Å². The molecule has 0 aliphatic carbocycles. The second-order valence-electron chi connectivity index (χ2n) is 2.05. The molecule has 59 valence electrons. The zero-order valence-corrected chi connectivity index (χ0v) is 6.20. The molecule has 1 heterocycles. The maximum absolute atomic E-state index is 11.0. The van der Waals surface area contributed by atoms with E-state index in [1.807, 2.05) is 0 Å². The molecule has 4 heteroatoms. The Labute approximate surface area is 64.5 Å². The van der Waals surface area contributed by atoms with Gasteiger partial charge in [0.1, 0.15) is 0 Å². The lowest BCUT2D eigenvalue weighted by Crippen LogP contribution is -2.26. The monoisotopic (exact) mass is 153 g/mol. The average Bonchev–Trinajstić information content (AvgIpc) is 2.36. The van der Waals surface area contributed by atoms with Crippen LogP contribution in [0.15, 0.2) is 18.3 Å². The van der Waals surface area contributed by atoms with Crippen LogP contribution in [0, 0.1) is 0 Å². The summed E-state index contributed by atoms with van der Waals surface area (Å²) < 4.78 is 1.03. The quantitative estimate of drug-likeness (QED) is 0.647. The number of amides is 1. The van der Waals surface area contributed by atoms with Gasteiger partial charge >= 0.3 is 6.03 Å². The number of carbonyl (C=O) groups is 1. The van der Waals surface area contributed by atoms with Crippen molar-refractivity contribution in [1.82, 2.24) is 9.88 Å². The molecule has 1 aromatic rings. The van der Waals surface area contributed by atoms with E-state index in [0.717, 1.165) is 4.57 Å². The third-order valence-corrected chi connectivity index (χ3v) is 1.26. The van der Waals surface area contributed by atoms with E-state index in [1.54, 1.807) is 6.92 Å². The molecule has 1 N–H and O–H groups in total. The highest BCUT2D eigenvalue weighted by Gasteiger charge is 2.06. The Bertz CT molecular complexity index is 255. The molecule has 0 fully saturated rings. The highest BCUT2D eigenvalue weighted by Crippen LogP contribution is 2.08. The standard InChI is InChI=1S/C7H9N2O2/c1-2-8-7(11)9-5-3-4-6(9)10/h3-5H,2H2,1H3,(H,8,11). The molecule has 0 saturated heterocycles. The molecule has 1 radical (unpaired) electrons. The highest BCUT2D eigenvalue weighted by atomic mass is 16.3. The predicted molar refractivity (Wildman–Crippen MR) is 39.0 cm³/mol. The summed E-state index contributed by atoms with van der Waals surface area (Å²) in [5, 5.41) is 13.4. The smallest absolute Gasteiger partial charge is 0.328 e. The van der Waals surface area contributed by atoms with Crippen LogP contribution in [0.2, 0.25) is 0 Å². The van der Waals surface area contributed by atoms with E-state index in [-0.39, 0.29) is 11.9 Å². The van der Waals surface area contributed by atoms with Crippen molar-refractivity contribution >= 4 is 6.03 Å². The van der Waals surface area contributed by atoms with Crippen LogP contribution in [0.4, 0.5) is 4.79 Å². The Morgan fingerprint density at radius 3 is 2.91 bits per heavy atom. The molecule has 0 unspecified atom stereocenters. The maximum atomic E-state index is 11.0. The van der Waals surface area contributed by atoms with Crippen LogP contribution in [-0.4, -0.2) is 17.1 Å². The van der Waals surface area contributed by atoms with E-state index in [1.165, 1.54) is 18.3 Å². The maximum Gasteiger partial charge on any atom is 0.328 e. The van der Waals surface area contributed by atoms with E-state index >= 15 is 0 Å². The lowest BCUT2D eigenvalue weighted by atomic mass is 10.7. The Hall–Kier alpha value is -1.45. The van der Waals surface area contributed by atoms with Crippen molar-refractivity contribution < 1.29 is 9.90 Å². The second kappa shape index (κ2) is 3.09. The third kappa shape index (κ3) is 1.52. The summed E-state index contributed by atoms with van der Waals surface area (Å²) >= 11 is 0. The van der Waals surface area contributed by atoms with Gasteiger partial charge in [-0.25, -0.2) is 9.36 Å². The number of rotatable bonds is 1. The molecule has 0 aliphatic heterocycles. The van der Waals surface area contributed by atoms with E-state index in [9.17, 15) is 9.90 Å². The van der Waals surface area contributed by atoms with Crippen LogP contribution in [-0.2, 0) is 5.11 Å². The SMILES string of the molecule is CCNC(=O)n1cccc1[O]. The van der Waals surface area contributed by atoms with E-state index in [2.05, 4.69) is 5.32 Å². The minimum Gasteiger partial charge on any atom is -0.338 e. The number of hydrogen-bond acceptors (Lipinski definition) is 1. The van der Waals surface area contributed by atoms with Gasteiger partial charge in [0.25, 0.3) is 5.88 Å². The van der Waals surface area contributed by atoms with Gasteiger partial charge in [-0.3, -0.25) is 5.11 Å². The molecule has 0 saturated carbocycles. The fourth-order valence-electron chi connectivity index (χ4n) is 0.769. The number of hydrogen-bond donors (Lipinski definition) is 1. The summed E-state index contributed by atoms with van der Waals surface area (Å²) in [5.41, 5.74) is 0. The Balaban J connectivity index is 2.76. The minimum atomic E-state index is -0.373. The van der Waals surface area contributed by atoms with Crippen LogP contribution in [0.1, 0.15) is 6.92 Å². The van der Waals surface area contributed by atoms with Crippen molar-refractivity contribution in [3.63, 3.8) is 0 Å². The van der Waals surface area contributed by atoms with Crippen molar-refractivity contribution in [3.05, 3.63) is 18.3 Å². The molecule has 1 aromatic heterocycles. The lowest BCUT2D eigenvalue weighted by Gasteiger charge is -2.01. The fraction of sp³-hybridized carbons (Fsp3) is 0.286. The average molecular weight is 153 g/mol. The molecule has 0 spiro atoms. The summed E-state index contributed by atoms with van der Waals surface area (Å²) in [6.07, 6.45) is 1.44. The molecule has 4 nitrogen and oxygen atoms in total. The zero-order valence-electron chi connectivity index (χ0n) is 6.20. The lowest BCUT2D eigenvalue weighted by molar-refractivity contribution is 0.236. The third-order valence-electron chi connectivity index (χ3n) is 1.26. The second-order valence-corrected chi connectivity index (χ2v) is 2.05. The Morgan fingerprint density at radius 2 is 2.45 bits per heavy atom. The number of aromatic nitrogens is 1. The summed E-state index contributed by atoms with van der Waals surface area (Å²) in [6, 6.07) is 2.51. The normalized spacial score (nSPS) is 9.55. The zero-order chi connectivity index (χ0) is 8.27. The van der Waals surface area contributed by atoms with Crippen LogP contribution in [0.3, 0.4) is 0 Å². The summed E-state index contributed by atoms with van der Waals surface area (Å²) in [7, 11) is 0. The first-order valence-corrected chi connectivity index (χ1v) is 3.38. The predicted octanol–water partition coefficient (Wildman–Crippen LogP) is 1.21. The first-order chi connectivity index (χ1) is 5.25. The molecular weight excluding hydrogens is 144 g/mol. The topological polar surface area (TPSA) is 53.9 Å². The molecule has 0 atom stereocenters. The van der Waals surface area contributed by atoms with Gasteiger partial charge in [-0.15, -0.1) is 0 Å². The van der Waals surface area contributed by atoms with Crippen LogP contribution < -0.4 is 5.32 Å². The van der Waals surface area contributed by atoms with Crippen molar-refractivity contribution in [2.75, 3.05) is 6.54 Å². The van der Waals surface area contributed by atoms with Crippen molar-refractivity contribution in [2.45, 2.75) is 6.92 Å². The molecule has 0 aliphatic rings. The van der Waals surface area contributed by atoms with Crippen LogP contribution in [0.25, 0.3) is 0 Å². The summed E-state index contributed by atoms with van der Waals surface area (Å²) in [5.74, 6) is -0.295. The highest BCUT2D eigenvalue weighted by molar-refractivity contribution is 5.78. The van der Waals surface area contributed by atoms with Crippen molar-refractivity contribution in [3.8, 4) is 5.88 Å². The molecule has 1 rings (SSSR count). The van der Waals surface area contributed by atoms with Gasteiger partial charge in [0.05, 0.1) is 0 Å². The van der Waals surface area contributed by atoms with Gasteiger partial charge in [-0.2, -0.15) is 0 Å². The molecule has 0 bridgehead atoms. The minimum absolute atomic E-state index is 0.295. The number of nitrogens with one attached hydrogen (secondary N) is 1. The van der Waals surface area contributed by atoms with E-state index < -0.39 is 0 Å². The van der Waals surface area contributed by atoms with Gasteiger partial charge in [0.15, 0.2) is 0 Å². The van der Waals surface area contributed by atoms with E-state index in [4.69, 9.17) is 0 Å². The molecule has 1 amide bonds. The first-order valence-electron chi connectivity index (χ1n) is 3.38. The van der Waals surface area contributed by atoms with Gasteiger partial charge in [0.2, 0.25) is 0 Å². The van der Waals surface area contributed by atoms with Crippen molar-refractivity contribution in [2.24, 2.45) is 0 Å². The molecular formula is C7H9N2O2. The summed E-state index contributed by atoms with van der Waals surface area (Å²) in [6.45, 7) is 2.32. The Kier molecular flexibility index (Phi) is 2.15. The van der Waals surface area contributed by atoms with Gasteiger partial charge in [-0.05, 0) is 13.0 Å². The van der Waals surface area contributed by atoms with Crippen LogP contribution in [0.5, 0.6) is 5.88 Å². The Morgan fingerprint density at radius 1 is 1.73 bits per heavy atom. The summed E-state index contributed by atoms with van der Waals surface area (Å²) in [4.78, 5) is 11.0. The number of carbonyl (C=O) groups excluding carboxylic acids is 1. The fourth-order valence-corrected chi connectivity index (χ4v) is 0.769. The largest absolute Gasteiger partial charge is 0.338 e. The molecule has 11 heavy (non-hydrogen) atoms. The van der Waals surface area contributed by atoms with Gasteiger partial charge in [-0.1, -0.05) is 0 Å². The van der Waals surface area contributed by atoms with Crippen molar-refractivity contribution in [1.29, 1.82) is 0 Å². The first kappa shape index (κ1) is 7.65. The number of nitrogens with zero attached hydrogens (tertiary/aromatic N) is 1. The molecule has 0 aromatic carbocycles. The van der Waals surface area contributed by atoms with Crippen LogP contribution >= 0.6 is 0 Å². The van der Waals surface area contributed by atoms with E-state index in [0.29, 0.717) is 6.54 Å². The van der Waals surface area contributed by atoms with Gasteiger partial charge < -0.3 is 5.32 Å².